The van der Waals surface area contributed by atoms with Crippen LogP contribution in [0.4, 0.5) is 0 Å². The van der Waals surface area contributed by atoms with Gasteiger partial charge in [0.2, 0.25) is 0 Å². The molecule has 0 aromatic carbocycles. The first kappa shape index (κ1) is 14.5. The van der Waals surface area contributed by atoms with E-state index < -0.39 is 11.5 Å². The van der Waals surface area contributed by atoms with Crippen LogP contribution in [0.2, 0.25) is 0 Å². The number of rotatable bonds is 6. The maximum absolute atomic E-state index is 11.0. The van der Waals surface area contributed by atoms with Crippen molar-refractivity contribution in [3.63, 3.8) is 0 Å². The number of hydrogen-bond donors (Lipinski definition) is 2. The topological polar surface area (TPSA) is 66.6 Å². The maximum atomic E-state index is 11.0. The molecule has 0 aromatic heterocycles. The fourth-order valence-corrected chi connectivity index (χ4v) is 2.54. The Bertz CT molecular complexity index is 258. The third kappa shape index (κ3) is 4.28. The predicted octanol–water partition coefficient (Wildman–Crippen LogP) is 1.69. The van der Waals surface area contributed by atoms with Gasteiger partial charge in [-0.2, -0.15) is 0 Å². The lowest BCUT2D eigenvalue weighted by Crippen LogP contribution is -2.48. The average Bonchev–Trinajstić information content (AvgIpc) is 2.28. The van der Waals surface area contributed by atoms with Crippen LogP contribution in [0.15, 0.2) is 0 Å². The first-order chi connectivity index (χ1) is 7.98. The smallest absolute Gasteiger partial charge is 0.323 e. The predicted molar refractivity (Wildman–Crippen MR) is 68.9 cm³/mol. The van der Waals surface area contributed by atoms with Crippen molar-refractivity contribution in [1.82, 2.24) is 4.90 Å². The van der Waals surface area contributed by atoms with Gasteiger partial charge < -0.3 is 15.7 Å². The summed E-state index contributed by atoms with van der Waals surface area (Å²) >= 11 is 0. The number of piperidine rings is 1. The van der Waals surface area contributed by atoms with Crippen molar-refractivity contribution in [2.45, 2.75) is 51.5 Å². The van der Waals surface area contributed by atoms with Crippen molar-refractivity contribution in [2.24, 2.45) is 11.7 Å². The Hall–Kier alpha value is -0.610. The highest BCUT2D eigenvalue weighted by Gasteiger charge is 2.31. The van der Waals surface area contributed by atoms with E-state index in [1.54, 1.807) is 0 Å². The van der Waals surface area contributed by atoms with Gasteiger partial charge in [0.25, 0.3) is 0 Å². The largest absolute Gasteiger partial charge is 0.480 e. The highest BCUT2D eigenvalue weighted by atomic mass is 16.4. The summed E-state index contributed by atoms with van der Waals surface area (Å²) in [5.41, 5.74) is 4.84. The van der Waals surface area contributed by atoms with E-state index in [0.717, 1.165) is 32.0 Å². The summed E-state index contributed by atoms with van der Waals surface area (Å²) in [4.78, 5) is 13.5. The molecule has 1 saturated heterocycles. The Morgan fingerprint density at radius 1 is 1.59 bits per heavy atom. The molecule has 2 atom stereocenters. The molecule has 1 rings (SSSR count). The monoisotopic (exact) mass is 242 g/mol. The minimum absolute atomic E-state index is 0.499. The van der Waals surface area contributed by atoms with Crippen LogP contribution in [0.3, 0.4) is 0 Å². The fourth-order valence-electron chi connectivity index (χ4n) is 2.54. The minimum Gasteiger partial charge on any atom is -0.480 e. The summed E-state index contributed by atoms with van der Waals surface area (Å²) in [7, 11) is 0. The number of nitrogens with zero attached hydrogens (tertiary/aromatic N) is 1. The van der Waals surface area contributed by atoms with Crippen LogP contribution in [-0.4, -0.2) is 41.1 Å². The minimum atomic E-state index is -1.03. The Labute approximate surface area is 104 Å². The van der Waals surface area contributed by atoms with E-state index >= 15 is 0 Å². The lowest BCUT2D eigenvalue weighted by atomic mass is 9.91. The van der Waals surface area contributed by atoms with Gasteiger partial charge in [-0.1, -0.05) is 13.8 Å². The van der Waals surface area contributed by atoms with Gasteiger partial charge in [-0.3, -0.25) is 4.79 Å². The zero-order chi connectivity index (χ0) is 12.9. The number of aliphatic carboxylic acids is 1. The average molecular weight is 242 g/mol. The first-order valence-electron chi connectivity index (χ1n) is 6.72. The third-order valence-electron chi connectivity index (χ3n) is 3.90. The van der Waals surface area contributed by atoms with E-state index in [9.17, 15) is 4.79 Å². The highest BCUT2D eigenvalue weighted by molar-refractivity contribution is 5.78. The van der Waals surface area contributed by atoms with Gasteiger partial charge in [0, 0.05) is 6.54 Å². The second-order valence-electron chi connectivity index (χ2n) is 5.47. The second kappa shape index (κ2) is 6.36. The van der Waals surface area contributed by atoms with Gasteiger partial charge in [0.05, 0.1) is 0 Å². The number of likely N-dealkylation sites (tertiary alicyclic amines) is 1. The van der Waals surface area contributed by atoms with E-state index in [-0.39, 0.29) is 0 Å². The highest BCUT2D eigenvalue weighted by Crippen LogP contribution is 2.18. The summed E-state index contributed by atoms with van der Waals surface area (Å²) < 4.78 is 0. The summed E-state index contributed by atoms with van der Waals surface area (Å²) in [6.45, 7) is 7.41. The molecule has 17 heavy (non-hydrogen) atoms. The Morgan fingerprint density at radius 3 is 2.82 bits per heavy atom. The molecule has 2 unspecified atom stereocenters. The maximum Gasteiger partial charge on any atom is 0.323 e. The zero-order valence-electron chi connectivity index (χ0n) is 11.1. The van der Waals surface area contributed by atoms with Crippen molar-refractivity contribution in [3.8, 4) is 0 Å². The summed E-state index contributed by atoms with van der Waals surface area (Å²) in [6.07, 6.45) is 4.54. The lowest BCUT2D eigenvalue weighted by Gasteiger charge is -2.31. The van der Waals surface area contributed by atoms with Gasteiger partial charge in [0.1, 0.15) is 5.54 Å². The van der Waals surface area contributed by atoms with Crippen LogP contribution in [0, 0.1) is 5.92 Å². The quantitative estimate of drug-likeness (QED) is 0.744. The molecule has 0 radical (unpaired) electrons. The molecule has 100 valence electrons. The van der Waals surface area contributed by atoms with Crippen molar-refractivity contribution in [1.29, 1.82) is 0 Å². The third-order valence-corrected chi connectivity index (χ3v) is 3.90. The Balaban J connectivity index is 2.29. The fraction of sp³-hybridized carbons (Fsp3) is 0.923. The molecular formula is C13H26N2O2. The summed E-state index contributed by atoms with van der Waals surface area (Å²) in [5.74, 6) is -0.0935. The van der Waals surface area contributed by atoms with Gasteiger partial charge in [-0.25, -0.2) is 0 Å². The van der Waals surface area contributed by atoms with Crippen molar-refractivity contribution in [2.75, 3.05) is 19.6 Å². The second-order valence-corrected chi connectivity index (χ2v) is 5.47. The molecule has 1 aliphatic heterocycles. The standard InChI is InChI=1S/C13H26N2O2/c1-3-13(14,12(16)17)7-5-9-15-8-4-6-11(2)10-15/h11H,3-10,14H2,1-2H3,(H,16,17). The normalized spacial score (nSPS) is 25.5. The summed E-state index contributed by atoms with van der Waals surface area (Å²) in [5, 5.41) is 9.07. The first-order valence-corrected chi connectivity index (χ1v) is 6.72. The van der Waals surface area contributed by atoms with Crippen LogP contribution in [0.5, 0.6) is 0 Å². The van der Waals surface area contributed by atoms with Crippen LogP contribution >= 0.6 is 0 Å². The number of carboxylic acid groups (broad SMARTS) is 1. The van der Waals surface area contributed by atoms with Crippen LogP contribution < -0.4 is 5.73 Å². The molecule has 0 amide bonds. The molecule has 0 aliphatic carbocycles. The summed E-state index contributed by atoms with van der Waals surface area (Å²) in [6, 6.07) is 0. The molecule has 0 aromatic rings. The molecular weight excluding hydrogens is 216 g/mol. The van der Waals surface area contributed by atoms with E-state index in [1.165, 1.54) is 12.8 Å². The van der Waals surface area contributed by atoms with E-state index in [2.05, 4.69) is 11.8 Å². The Kier molecular flexibility index (Phi) is 5.40. The molecule has 0 spiro atoms. The van der Waals surface area contributed by atoms with Gasteiger partial charge >= 0.3 is 5.97 Å². The number of carboxylic acids is 1. The zero-order valence-corrected chi connectivity index (χ0v) is 11.1. The van der Waals surface area contributed by atoms with Gasteiger partial charge in [-0.05, 0) is 51.1 Å². The SMILES string of the molecule is CCC(N)(CCCN1CCCC(C)C1)C(=O)O. The van der Waals surface area contributed by atoms with Crippen molar-refractivity contribution < 1.29 is 9.90 Å². The van der Waals surface area contributed by atoms with Crippen molar-refractivity contribution in [3.05, 3.63) is 0 Å². The molecule has 1 aliphatic rings. The number of carbonyl (C=O) groups is 1. The molecule has 1 heterocycles. The van der Waals surface area contributed by atoms with E-state index in [1.807, 2.05) is 6.92 Å². The van der Waals surface area contributed by atoms with Gasteiger partial charge in [0.15, 0.2) is 0 Å². The van der Waals surface area contributed by atoms with Crippen LogP contribution in [0.1, 0.15) is 46.0 Å². The molecule has 0 bridgehead atoms. The molecule has 0 saturated carbocycles. The molecule has 4 nitrogen and oxygen atoms in total. The van der Waals surface area contributed by atoms with Crippen LogP contribution in [0.25, 0.3) is 0 Å². The van der Waals surface area contributed by atoms with E-state index in [0.29, 0.717) is 12.8 Å². The van der Waals surface area contributed by atoms with Crippen molar-refractivity contribution >= 4 is 5.97 Å². The number of nitrogens with two attached hydrogens (primary N) is 1. The van der Waals surface area contributed by atoms with Crippen LogP contribution in [-0.2, 0) is 4.79 Å². The molecule has 1 fully saturated rings. The Morgan fingerprint density at radius 2 is 2.29 bits per heavy atom. The van der Waals surface area contributed by atoms with Gasteiger partial charge in [-0.15, -0.1) is 0 Å². The van der Waals surface area contributed by atoms with E-state index in [4.69, 9.17) is 10.8 Å². The molecule has 3 N–H and O–H groups in total. The number of hydrogen-bond acceptors (Lipinski definition) is 3. The molecule has 4 heteroatoms. The lowest BCUT2D eigenvalue weighted by molar-refractivity contribution is -0.143.